The highest BCUT2D eigenvalue weighted by Crippen LogP contribution is 2.22. The van der Waals surface area contributed by atoms with Gasteiger partial charge >= 0.3 is 0 Å². The molecule has 348 valence electrons. The first-order valence-electron chi connectivity index (χ1n) is 22.2. The molecule has 1 saturated heterocycles. The Hall–Kier alpha value is -4.90. The molecule has 17 nitrogen and oxygen atoms in total. The molecule has 2 rings (SSSR count). The number of aromatic hydroxyl groups is 1. The molecule has 0 radical (unpaired) electrons. The zero-order chi connectivity index (χ0) is 46.5. The Morgan fingerprint density at radius 3 is 1.94 bits per heavy atom. The number of carbonyl (C=O) groups is 8. The minimum atomic E-state index is -1.58. The first-order chi connectivity index (χ1) is 29.3. The lowest BCUT2D eigenvalue weighted by molar-refractivity contribution is -0.145. The van der Waals surface area contributed by atoms with E-state index in [1.54, 1.807) is 12.1 Å². The molecule has 0 spiro atoms. The molecule has 1 fully saturated rings. The molecule has 17 heteroatoms. The van der Waals surface area contributed by atoms with Gasteiger partial charge in [-0.2, -0.15) is 0 Å². The van der Waals surface area contributed by atoms with Crippen molar-refractivity contribution in [1.29, 1.82) is 0 Å². The number of unbranched alkanes of at least 4 members (excludes halogenated alkanes) is 6. The molecule has 0 bridgehead atoms. The van der Waals surface area contributed by atoms with Gasteiger partial charge in [0, 0.05) is 31.7 Å². The molecule has 1 aromatic rings. The van der Waals surface area contributed by atoms with Crippen LogP contribution in [-0.4, -0.2) is 123 Å². The summed E-state index contributed by atoms with van der Waals surface area (Å²) >= 11 is 0. The zero-order valence-electron chi connectivity index (χ0n) is 37.6. The molecular weight excluding hydrogens is 801 g/mol. The number of carbonyl (C=O) groups excluding carboxylic acids is 8. The molecular formula is C45H72N6O11. The standard InChI is InChI=1S/C45H72N6O11/c1-8-9-10-11-12-13-14-16-35(56)25-33(23-27(2)3)41(58)50-39(31(7)54)45(62)51-22-15-17-37(51)43(60)49-38(30(6)53)44(61)47-29(5)40(57)48-36(42(59)46-28(4)26-52)24-32-18-20-34(55)21-19-32/h18-21,26-31,33,36-39,53-55H,8-17,22-25H2,1-7H3,(H,46,59)(H,47,61)(H,48,57)(H,49,60)(H,50,58)/t28?,29-,30?,31?,33+,36-,37+,38-,39-/m0/s1. The number of benzene rings is 1. The number of nitrogens with one attached hydrogen (secondary N) is 5. The van der Waals surface area contributed by atoms with Gasteiger partial charge in [-0.3, -0.25) is 33.6 Å². The third-order valence-corrected chi connectivity index (χ3v) is 10.9. The molecule has 3 unspecified atom stereocenters. The van der Waals surface area contributed by atoms with E-state index < -0.39 is 89.8 Å². The van der Waals surface area contributed by atoms with Gasteiger partial charge in [-0.05, 0) is 77.0 Å². The fraction of sp³-hybridized carbons (Fsp3) is 0.689. The second kappa shape index (κ2) is 27.2. The van der Waals surface area contributed by atoms with Crippen molar-refractivity contribution in [3.8, 4) is 5.75 Å². The number of amides is 6. The third kappa shape index (κ3) is 18.2. The van der Waals surface area contributed by atoms with Gasteiger partial charge in [0.2, 0.25) is 35.4 Å². The summed E-state index contributed by atoms with van der Waals surface area (Å²) in [5, 5.41) is 43.6. The van der Waals surface area contributed by atoms with E-state index in [1.807, 2.05) is 13.8 Å². The fourth-order valence-electron chi connectivity index (χ4n) is 7.41. The Morgan fingerprint density at radius 2 is 1.35 bits per heavy atom. The summed E-state index contributed by atoms with van der Waals surface area (Å²) in [7, 11) is 0. The van der Waals surface area contributed by atoms with Crippen molar-refractivity contribution in [2.75, 3.05) is 6.54 Å². The lowest BCUT2D eigenvalue weighted by atomic mass is 9.90. The fourth-order valence-corrected chi connectivity index (χ4v) is 7.41. The lowest BCUT2D eigenvalue weighted by Gasteiger charge is -2.32. The number of nitrogens with zero attached hydrogens (tertiary/aromatic N) is 1. The van der Waals surface area contributed by atoms with Crippen molar-refractivity contribution >= 4 is 47.5 Å². The number of aldehydes is 1. The van der Waals surface area contributed by atoms with Crippen molar-refractivity contribution in [2.45, 2.75) is 180 Å². The Balaban J connectivity index is 2.11. The lowest BCUT2D eigenvalue weighted by Crippen LogP contribution is -2.61. The van der Waals surface area contributed by atoms with Crippen LogP contribution in [0.5, 0.6) is 5.75 Å². The largest absolute Gasteiger partial charge is 0.508 e. The van der Waals surface area contributed by atoms with Crippen molar-refractivity contribution in [3.63, 3.8) is 0 Å². The highest BCUT2D eigenvalue weighted by Gasteiger charge is 2.41. The number of aliphatic hydroxyl groups is 2. The average molecular weight is 873 g/mol. The predicted molar refractivity (Wildman–Crippen MR) is 232 cm³/mol. The first-order valence-corrected chi connectivity index (χ1v) is 22.2. The summed E-state index contributed by atoms with van der Waals surface area (Å²) < 4.78 is 0. The number of ketones is 1. The van der Waals surface area contributed by atoms with Crippen LogP contribution >= 0.6 is 0 Å². The van der Waals surface area contributed by atoms with Gasteiger partial charge in [-0.25, -0.2) is 0 Å². The topological polar surface area (TPSA) is 261 Å². The van der Waals surface area contributed by atoms with Crippen molar-refractivity contribution in [2.24, 2.45) is 11.8 Å². The second-order valence-corrected chi connectivity index (χ2v) is 17.2. The van der Waals surface area contributed by atoms with Crippen LogP contribution in [0.4, 0.5) is 0 Å². The van der Waals surface area contributed by atoms with Gasteiger partial charge in [-0.1, -0.05) is 71.4 Å². The smallest absolute Gasteiger partial charge is 0.248 e. The van der Waals surface area contributed by atoms with Crippen LogP contribution in [0.2, 0.25) is 0 Å². The maximum Gasteiger partial charge on any atom is 0.248 e. The van der Waals surface area contributed by atoms with Gasteiger partial charge in [0.05, 0.1) is 18.2 Å². The number of hydrogen-bond donors (Lipinski definition) is 8. The Labute approximate surface area is 366 Å². The number of aliphatic hydroxyl groups excluding tert-OH is 2. The summed E-state index contributed by atoms with van der Waals surface area (Å²) in [4.78, 5) is 106. The van der Waals surface area contributed by atoms with Gasteiger partial charge in [0.25, 0.3) is 0 Å². The Morgan fingerprint density at radius 1 is 0.742 bits per heavy atom. The summed E-state index contributed by atoms with van der Waals surface area (Å²) in [6, 6.07) is -1.54. The zero-order valence-corrected chi connectivity index (χ0v) is 37.6. The number of hydrogen-bond acceptors (Lipinski definition) is 11. The second-order valence-electron chi connectivity index (χ2n) is 17.2. The molecule has 6 amide bonds. The van der Waals surface area contributed by atoms with Crippen LogP contribution in [0.3, 0.4) is 0 Å². The molecule has 0 saturated carbocycles. The first kappa shape index (κ1) is 53.2. The minimum absolute atomic E-state index is 0.00552. The highest BCUT2D eigenvalue weighted by molar-refractivity contribution is 5.97. The highest BCUT2D eigenvalue weighted by atomic mass is 16.3. The number of rotatable bonds is 28. The Kier molecular flexibility index (Phi) is 23.4. The molecule has 0 aromatic heterocycles. The van der Waals surface area contributed by atoms with Crippen molar-refractivity contribution in [1.82, 2.24) is 31.5 Å². The molecule has 62 heavy (non-hydrogen) atoms. The summed E-state index contributed by atoms with van der Waals surface area (Å²) in [5.41, 5.74) is 0.577. The van der Waals surface area contributed by atoms with E-state index >= 15 is 0 Å². The molecule has 9 atom stereocenters. The SMILES string of the molecule is CCCCCCCCCC(=O)C[C@@H](CC(C)C)C(=O)N[C@H](C(=O)N1CCC[C@@H]1C(=O)N[C@H](C(=O)N[C@@H](C)C(=O)N[C@@H](Cc1ccc(O)cc1)C(=O)NC(C)C=O)C(C)O)C(C)O. The van der Waals surface area contributed by atoms with E-state index in [0.717, 1.165) is 32.1 Å². The summed E-state index contributed by atoms with van der Waals surface area (Å²) in [6.45, 7) is 11.5. The molecule has 8 N–H and O–H groups in total. The Bertz CT molecular complexity index is 1640. The number of phenolic OH excluding ortho intramolecular Hbond substituents is 1. The monoisotopic (exact) mass is 873 g/mol. The predicted octanol–water partition coefficient (Wildman–Crippen LogP) is 2.11. The van der Waals surface area contributed by atoms with E-state index in [9.17, 15) is 53.7 Å². The normalized spacial score (nSPS) is 17.6. The van der Waals surface area contributed by atoms with Gasteiger partial charge in [0.1, 0.15) is 48.0 Å². The molecule has 1 heterocycles. The minimum Gasteiger partial charge on any atom is -0.508 e. The van der Waals surface area contributed by atoms with Crippen LogP contribution in [0.1, 0.15) is 131 Å². The number of likely N-dealkylation sites (tertiary alicyclic amines) is 1. The summed E-state index contributed by atoms with van der Waals surface area (Å²) in [6.07, 6.45) is 6.40. The van der Waals surface area contributed by atoms with E-state index in [4.69, 9.17) is 0 Å². The van der Waals surface area contributed by atoms with Crippen molar-refractivity contribution in [3.05, 3.63) is 29.8 Å². The van der Waals surface area contributed by atoms with Gasteiger partial charge in [0.15, 0.2) is 0 Å². The molecule has 1 aliphatic rings. The van der Waals surface area contributed by atoms with Gasteiger partial charge < -0.3 is 51.6 Å². The average Bonchev–Trinajstić information content (AvgIpc) is 3.71. The van der Waals surface area contributed by atoms with E-state index in [-0.39, 0.29) is 43.3 Å². The van der Waals surface area contributed by atoms with Gasteiger partial charge in [-0.15, -0.1) is 0 Å². The van der Waals surface area contributed by atoms with E-state index in [2.05, 4.69) is 33.5 Å². The number of Topliss-reactive ketones (excluding diaryl/α,β-unsaturated/α-hetero) is 1. The van der Waals surface area contributed by atoms with Crippen LogP contribution in [0.25, 0.3) is 0 Å². The van der Waals surface area contributed by atoms with E-state index in [0.29, 0.717) is 31.1 Å². The van der Waals surface area contributed by atoms with Crippen LogP contribution in [0, 0.1) is 11.8 Å². The molecule has 0 aliphatic carbocycles. The van der Waals surface area contributed by atoms with Crippen LogP contribution in [0.15, 0.2) is 24.3 Å². The quantitative estimate of drug-likeness (QED) is 0.0447. The molecule has 1 aromatic carbocycles. The summed E-state index contributed by atoms with van der Waals surface area (Å²) in [5.74, 6) is -5.15. The van der Waals surface area contributed by atoms with Crippen molar-refractivity contribution < 1.29 is 53.7 Å². The van der Waals surface area contributed by atoms with Crippen LogP contribution < -0.4 is 26.6 Å². The van der Waals surface area contributed by atoms with E-state index in [1.165, 1.54) is 57.6 Å². The third-order valence-electron chi connectivity index (χ3n) is 10.9. The number of phenols is 1. The molecule has 1 aliphatic heterocycles. The maximum absolute atomic E-state index is 14.0. The van der Waals surface area contributed by atoms with Crippen LogP contribution in [-0.2, 0) is 44.8 Å². The maximum atomic E-state index is 14.0.